The monoisotopic (exact) mass is 275 g/mol. The van der Waals surface area contributed by atoms with Gasteiger partial charge in [-0.3, -0.25) is 4.57 Å². The Bertz CT molecular complexity index is 778. The number of hydrogen-bond acceptors (Lipinski definition) is 3. The molecule has 0 aliphatic heterocycles. The molecule has 20 heavy (non-hydrogen) atoms. The summed E-state index contributed by atoms with van der Waals surface area (Å²) in [5.41, 5.74) is 6.49. The number of benzene rings is 2. The number of nitrogens with zero attached hydrogens (tertiary/aromatic N) is 2. The van der Waals surface area contributed by atoms with Crippen LogP contribution in [0.1, 0.15) is 0 Å². The Morgan fingerprint density at radius 2 is 1.75 bits per heavy atom. The van der Waals surface area contributed by atoms with Crippen molar-refractivity contribution >= 4 is 17.0 Å². The molecule has 0 unspecified atom stereocenters. The molecule has 0 atom stereocenters. The predicted molar refractivity (Wildman–Crippen MR) is 72.0 cm³/mol. The van der Waals surface area contributed by atoms with Crippen molar-refractivity contribution in [3.63, 3.8) is 0 Å². The van der Waals surface area contributed by atoms with Crippen LogP contribution in [0.25, 0.3) is 16.7 Å². The maximum absolute atomic E-state index is 13.9. The van der Waals surface area contributed by atoms with E-state index in [2.05, 4.69) is 4.98 Å². The Morgan fingerprint density at radius 1 is 1.10 bits per heavy atom. The molecular weight excluding hydrogens is 264 g/mol. The topological polar surface area (TPSA) is 53.1 Å². The number of hydrogen-bond donors (Lipinski definition) is 1. The lowest BCUT2D eigenvalue weighted by atomic mass is 10.2. The number of ether oxygens (including phenoxy) is 1. The average Bonchev–Trinajstić information content (AvgIpc) is 2.75. The highest BCUT2D eigenvalue weighted by Crippen LogP contribution is 2.31. The van der Waals surface area contributed by atoms with Crippen molar-refractivity contribution in [2.24, 2.45) is 0 Å². The fourth-order valence-electron chi connectivity index (χ4n) is 2.19. The third-order valence-corrected chi connectivity index (χ3v) is 3.06. The molecule has 0 aliphatic carbocycles. The minimum absolute atomic E-state index is 0.00602. The molecule has 3 rings (SSSR count). The van der Waals surface area contributed by atoms with Crippen LogP contribution >= 0.6 is 0 Å². The summed E-state index contributed by atoms with van der Waals surface area (Å²) in [7, 11) is 1.49. The predicted octanol–water partition coefficient (Wildman–Crippen LogP) is 2.89. The highest BCUT2D eigenvalue weighted by atomic mass is 19.1. The number of aromatic nitrogens is 2. The van der Waals surface area contributed by atoms with Gasteiger partial charge in [0.25, 0.3) is 0 Å². The summed E-state index contributed by atoms with van der Waals surface area (Å²) in [5.74, 6) is -0.934. The fraction of sp³-hybridized carbons (Fsp3) is 0.0714. The van der Waals surface area contributed by atoms with Gasteiger partial charge in [-0.1, -0.05) is 12.1 Å². The molecule has 3 aromatic rings. The van der Waals surface area contributed by atoms with E-state index in [-0.39, 0.29) is 11.6 Å². The number of para-hydroxylation sites is 2. The second-order valence-corrected chi connectivity index (χ2v) is 4.20. The molecule has 2 aromatic carbocycles. The van der Waals surface area contributed by atoms with Gasteiger partial charge in [0, 0.05) is 0 Å². The van der Waals surface area contributed by atoms with E-state index in [9.17, 15) is 8.78 Å². The number of methoxy groups -OCH3 is 1. The van der Waals surface area contributed by atoms with Gasteiger partial charge in [-0.05, 0) is 24.3 Å². The van der Waals surface area contributed by atoms with Gasteiger partial charge in [0.05, 0.1) is 12.6 Å². The zero-order valence-corrected chi connectivity index (χ0v) is 10.6. The molecule has 0 radical (unpaired) electrons. The van der Waals surface area contributed by atoms with Crippen LogP contribution in [-0.2, 0) is 0 Å². The fourth-order valence-corrected chi connectivity index (χ4v) is 2.19. The van der Waals surface area contributed by atoms with Crippen LogP contribution in [0.5, 0.6) is 5.75 Å². The van der Waals surface area contributed by atoms with E-state index in [0.717, 1.165) is 0 Å². The average molecular weight is 275 g/mol. The Labute approximate surface area is 113 Å². The van der Waals surface area contributed by atoms with Gasteiger partial charge in [-0.15, -0.1) is 0 Å². The molecule has 0 spiro atoms. The summed E-state index contributed by atoms with van der Waals surface area (Å²) in [4.78, 5) is 4.12. The van der Waals surface area contributed by atoms with E-state index < -0.39 is 11.6 Å². The minimum Gasteiger partial charge on any atom is -0.494 e. The van der Waals surface area contributed by atoms with Crippen LogP contribution in [-0.4, -0.2) is 16.7 Å². The lowest BCUT2D eigenvalue weighted by molar-refractivity contribution is 0.419. The van der Waals surface area contributed by atoms with Gasteiger partial charge >= 0.3 is 0 Å². The Hall–Kier alpha value is -2.63. The third kappa shape index (κ3) is 1.69. The number of rotatable bonds is 2. The maximum Gasteiger partial charge on any atom is 0.206 e. The molecular formula is C14H11F2N3O. The molecule has 1 aromatic heterocycles. The molecule has 6 heteroatoms. The summed E-state index contributed by atoms with van der Waals surface area (Å²) < 4.78 is 34.3. The highest BCUT2D eigenvalue weighted by molar-refractivity contribution is 5.86. The van der Waals surface area contributed by atoms with E-state index in [0.29, 0.717) is 16.8 Å². The van der Waals surface area contributed by atoms with Gasteiger partial charge < -0.3 is 10.5 Å². The molecule has 2 N–H and O–H groups in total. The van der Waals surface area contributed by atoms with Crippen molar-refractivity contribution in [3.05, 3.63) is 48.0 Å². The summed E-state index contributed by atoms with van der Waals surface area (Å²) in [6.45, 7) is 0. The molecule has 0 aliphatic rings. The first-order valence-electron chi connectivity index (χ1n) is 5.89. The normalized spacial score (nSPS) is 10.9. The SMILES string of the molecule is COc1cccc2c1nc(N)n2-c1c(F)cccc1F. The third-order valence-electron chi connectivity index (χ3n) is 3.06. The highest BCUT2D eigenvalue weighted by Gasteiger charge is 2.18. The number of nitrogens with two attached hydrogens (primary N) is 1. The van der Waals surface area contributed by atoms with E-state index in [4.69, 9.17) is 10.5 Å². The van der Waals surface area contributed by atoms with Gasteiger partial charge in [0.15, 0.2) is 0 Å². The molecule has 4 nitrogen and oxygen atoms in total. The Morgan fingerprint density at radius 3 is 2.40 bits per heavy atom. The quantitative estimate of drug-likeness (QED) is 0.782. The molecule has 0 fully saturated rings. The van der Waals surface area contributed by atoms with E-state index in [1.54, 1.807) is 18.2 Å². The maximum atomic E-state index is 13.9. The molecule has 0 amide bonds. The number of fused-ring (bicyclic) bond motifs is 1. The first-order chi connectivity index (χ1) is 9.63. The minimum atomic E-state index is -0.709. The second-order valence-electron chi connectivity index (χ2n) is 4.20. The van der Waals surface area contributed by atoms with Crippen molar-refractivity contribution in [3.8, 4) is 11.4 Å². The first-order valence-corrected chi connectivity index (χ1v) is 5.89. The standard InChI is InChI=1S/C14H11F2N3O/c1-20-11-7-3-6-10-12(11)18-14(17)19(10)13-8(15)4-2-5-9(13)16/h2-7H,1H3,(H2,17,18). The van der Waals surface area contributed by atoms with Crippen molar-refractivity contribution in [2.45, 2.75) is 0 Å². The molecule has 102 valence electrons. The van der Waals surface area contributed by atoms with Crippen LogP contribution in [0.15, 0.2) is 36.4 Å². The van der Waals surface area contributed by atoms with Crippen molar-refractivity contribution in [2.75, 3.05) is 12.8 Å². The second kappa shape index (κ2) is 4.48. The summed E-state index contributed by atoms with van der Waals surface area (Å²) in [6.07, 6.45) is 0. The van der Waals surface area contributed by atoms with Crippen molar-refractivity contribution in [1.82, 2.24) is 9.55 Å². The summed E-state index contributed by atoms with van der Waals surface area (Å²) >= 11 is 0. The van der Waals surface area contributed by atoms with Crippen LogP contribution in [0.2, 0.25) is 0 Å². The van der Waals surface area contributed by atoms with E-state index >= 15 is 0 Å². The van der Waals surface area contributed by atoms with Gasteiger partial charge in [-0.25, -0.2) is 13.8 Å². The van der Waals surface area contributed by atoms with Crippen molar-refractivity contribution < 1.29 is 13.5 Å². The van der Waals surface area contributed by atoms with E-state index in [1.807, 2.05) is 0 Å². The first kappa shape index (κ1) is 12.4. The number of anilines is 1. The molecule has 0 saturated heterocycles. The summed E-state index contributed by atoms with van der Waals surface area (Å²) in [6, 6.07) is 8.72. The lowest BCUT2D eigenvalue weighted by Gasteiger charge is -2.09. The number of imidazole rings is 1. The van der Waals surface area contributed by atoms with Crippen LogP contribution < -0.4 is 10.5 Å². The van der Waals surface area contributed by atoms with E-state index in [1.165, 1.54) is 29.9 Å². The Balaban J connectivity index is 2.40. The molecule has 0 bridgehead atoms. The largest absolute Gasteiger partial charge is 0.494 e. The van der Waals surface area contributed by atoms with Crippen LogP contribution in [0.3, 0.4) is 0 Å². The number of halogens is 2. The van der Waals surface area contributed by atoms with Gasteiger partial charge in [-0.2, -0.15) is 0 Å². The Kier molecular flexibility index (Phi) is 2.78. The summed E-state index contributed by atoms with van der Waals surface area (Å²) in [5, 5.41) is 0. The molecule has 1 heterocycles. The van der Waals surface area contributed by atoms with Gasteiger partial charge in [0.1, 0.15) is 28.6 Å². The van der Waals surface area contributed by atoms with Crippen molar-refractivity contribution in [1.29, 1.82) is 0 Å². The van der Waals surface area contributed by atoms with Crippen LogP contribution in [0, 0.1) is 11.6 Å². The number of nitrogen functional groups attached to an aromatic ring is 1. The molecule has 0 saturated carbocycles. The van der Waals surface area contributed by atoms with Crippen LogP contribution in [0.4, 0.5) is 14.7 Å². The lowest BCUT2D eigenvalue weighted by Crippen LogP contribution is -2.05. The zero-order valence-electron chi connectivity index (χ0n) is 10.6. The smallest absolute Gasteiger partial charge is 0.206 e. The van der Waals surface area contributed by atoms with Gasteiger partial charge in [0.2, 0.25) is 5.95 Å². The zero-order chi connectivity index (χ0) is 14.3.